The van der Waals surface area contributed by atoms with Crippen LogP contribution in [0.5, 0.6) is 0 Å². The number of anilines is 1. The molecule has 2 heterocycles. The number of amidine groups is 1. The van der Waals surface area contributed by atoms with Crippen LogP contribution >= 0.6 is 23.1 Å². The first-order valence-electron chi connectivity index (χ1n) is 8.43. The largest absolute Gasteiger partial charge is 0.361 e. The van der Waals surface area contributed by atoms with Gasteiger partial charge in [-0.1, -0.05) is 47.4 Å². The number of aliphatic imine (C=N–C) groups is 1. The lowest BCUT2D eigenvalue weighted by Gasteiger charge is -2.04. The Labute approximate surface area is 155 Å². The number of nitrogens with one attached hydrogen (secondary N) is 2. The Morgan fingerprint density at radius 1 is 1.20 bits per heavy atom. The maximum atomic E-state index is 4.65. The summed E-state index contributed by atoms with van der Waals surface area (Å²) >= 11 is 3.49. The molecule has 1 fully saturated rings. The summed E-state index contributed by atoms with van der Waals surface area (Å²) in [6, 6.07) is 17.2. The fourth-order valence-electron chi connectivity index (χ4n) is 2.68. The zero-order valence-corrected chi connectivity index (χ0v) is 15.7. The molecule has 2 aromatic carbocycles. The number of thioether (sulfide) groups is 1. The van der Waals surface area contributed by atoms with Crippen molar-refractivity contribution in [2.75, 3.05) is 17.6 Å². The molecular formula is C19H20N4S2. The Kier molecular flexibility index (Phi) is 4.90. The van der Waals surface area contributed by atoms with Crippen molar-refractivity contribution < 1.29 is 0 Å². The van der Waals surface area contributed by atoms with Crippen molar-refractivity contribution in [3.63, 3.8) is 0 Å². The van der Waals surface area contributed by atoms with Crippen molar-refractivity contribution in [1.82, 2.24) is 10.3 Å². The molecule has 1 aliphatic rings. The predicted molar refractivity (Wildman–Crippen MR) is 110 cm³/mol. The molecule has 0 spiro atoms. The van der Waals surface area contributed by atoms with E-state index in [1.807, 2.05) is 6.07 Å². The number of hydrogen-bond donors (Lipinski definition) is 2. The highest BCUT2D eigenvalue weighted by atomic mass is 32.2. The Morgan fingerprint density at radius 2 is 2.04 bits per heavy atom. The van der Waals surface area contributed by atoms with Crippen molar-refractivity contribution in [2.24, 2.45) is 4.99 Å². The molecule has 0 aliphatic carbocycles. The first-order valence-corrected chi connectivity index (χ1v) is 10.2. The number of benzene rings is 2. The van der Waals surface area contributed by atoms with Crippen LogP contribution in [0.2, 0.25) is 0 Å². The molecule has 25 heavy (non-hydrogen) atoms. The highest BCUT2D eigenvalue weighted by Gasteiger charge is 2.15. The van der Waals surface area contributed by atoms with Crippen LogP contribution in [-0.4, -0.2) is 28.5 Å². The predicted octanol–water partition coefficient (Wildman–Crippen LogP) is 4.66. The van der Waals surface area contributed by atoms with E-state index in [4.69, 9.17) is 0 Å². The smallest absolute Gasteiger partial charge is 0.183 e. The standard InChI is InChI=1S/C19H20N4S2/c1-13-12-24-19(21-13)22-15-8-6-14(7-9-15)10-11-20-18-23-16-4-2-3-5-17(16)25-18/h2-9,13H,10-12H2,1H3,(H,20,23)(H,21,22)/t13-/m1/s1. The number of para-hydroxylation sites is 1. The molecular weight excluding hydrogens is 348 g/mol. The van der Waals surface area contributed by atoms with Gasteiger partial charge in [0.15, 0.2) is 10.3 Å². The minimum atomic E-state index is 0.511. The summed E-state index contributed by atoms with van der Waals surface area (Å²) < 4.78 is 1.22. The third kappa shape index (κ3) is 4.14. The second-order valence-electron chi connectivity index (χ2n) is 6.10. The second kappa shape index (κ2) is 7.45. The van der Waals surface area contributed by atoms with Gasteiger partial charge < -0.3 is 10.6 Å². The van der Waals surface area contributed by atoms with Crippen LogP contribution in [0.3, 0.4) is 0 Å². The monoisotopic (exact) mass is 368 g/mol. The van der Waals surface area contributed by atoms with Crippen LogP contribution in [0, 0.1) is 0 Å². The van der Waals surface area contributed by atoms with Gasteiger partial charge in [0.1, 0.15) is 0 Å². The van der Waals surface area contributed by atoms with E-state index < -0.39 is 0 Å². The third-order valence-corrected chi connectivity index (χ3v) is 6.13. The first-order chi connectivity index (χ1) is 12.3. The van der Waals surface area contributed by atoms with Crippen LogP contribution in [0.25, 0.3) is 10.2 Å². The average Bonchev–Trinajstić information content (AvgIpc) is 3.22. The van der Waals surface area contributed by atoms with Gasteiger partial charge in [0.05, 0.1) is 15.9 Å². The molecule has 1 aliphatic heterocycles. The third-order valence-electron chi connectivity index (χ3n) is 3.99. The van der Waals surface area contributed by atoms with Crippen molar-refractivity contribution in [2.45, 2.75) is 19.4 Å². The zero-order chi connectivity index (χ0) is 17.1. The number of hydrogen-bond acceptors (Lipinski definition) is 5. The van der Waals surface area contributed by atoms with Crippen molar-refractivity contribution in [3.8, 4) is 0 Å². The lowest BCUT2D eigenvalue weighted by molar-refractivity contribution is 0.768. The minimum Gasteiger partial charge on any atom is -0.361 e. The number of nitrogens with zero attached hydrogens (tertiary/aromatic N) is 2. The molecule has 0 unspecified atom stereocenters. The lowest BCUT2D eigenvalue weighted by Crippen LogP contribution is -2.22. The molecule has 1 aromatic heterocycles. The number of fused-ring (bicyclic) bond motifs is 1. The number of aromatic nitrogens is 1. The lowest BCUT2D eigenvalue weighted by atomic mass is 10.1. The topological polar surface area (TPSA) is 49.3 Å². The molecule has 2 N–H and O–H groups in total. The Morgan fingerprint density at radius 3 is 2.80 bits per heavy atom. The highest BCUT2D eigenvalue weighted by molar-refractivity contribution is 8.14. The molecule has 4 rings (SSSR count). The Bertz CT molecular complexity index is 853. The zero-order valence-electron chi connectivity index (χ0n) is 14.0. The van der Waals surface area contributed by atoms with E-state index in [-0.39, 0.29) is 0 Å². The normalized spacial score (nSPS) is 18.6. The maximum absolute atomic E-state index is 4.65. The van der Waals surface area contributed by atoms with Gasteiger partial charge in [0.2, 0.25) is 0 Å². The van der Waals surface area contributed by atoms with Crippen molar-refractivity contribution >= 4 is 49.3 Å². The van der Waals surface area contributed by atoms with Crippen LogP contribution in [0.1, 0.15) is 12.5 Å². The van der Waals surface area contributed by atoms with Gasteiger partial charge in [-0.25, -0.2) is 9.98 Å². The van der Waals surface area contributed by atoms with E-state index >= 15 is 0 Å². The van der Waals surface area contributed by atoms with Crippen molar-refractivity contribution in [1.29, 1.82) is 0 Å². The molecule has 128 valence electrons. The van der Waals surface area contributed by atoms with Crippen molar-refractivity contribution in [3.05, 3.63) is 54.1 Å². The van der Waals surface area contributed by atoms with E-state index in [0.29, 0.717) is 6.04 Å². The SMILES string of the molecule is C[C@@H]1CS/C(=N\c2ccc(CCNc3nc4ccccc4s3)cc2)N1. The fourth-order valence-corrected chi connectivity index (χ4v) is 4.52. The van der Waals surface area contributed by atoms with E-state index in [1.165, 1.54) is 10.3 Å². The molecule has 0 bridgehead atoms. The van der Waals surface area contributed by atoms with Gasteiger partial charge in [-0.2, -0.15) is 0 Å². The van der Waals surface area contributed by atoms with Crippen LogP contribution in [-0.2, 0) is 6.42 Å². The summed E-state index contributed by atoms with van der Waals surface area (Å²) in [5, 5.41) is 8.82. The molecule has 1 atom stereocenters. The quantitative estimate of drug-likeness (QED) is 0.687. The highest BCUT2D eigenvalue weighted by Crippen LogP contribution is 2.25. The summed E-state index contributed by atoms with van der Waals surface area (Å²) in [4.78, 5) is 9.25. The van der Waals surface area contributed by atoms with E-state index in [9.17, 15) is 0 Å². The summed E-state index contributed by atoms with van der Waals surface area (Å²) in [5.74, 6) is 1.09. The maximum Gasteiger partial charge on any atom is 0.183 e. The summed E-state index contributed by atoms with van der Waals surface area (Å²) in [6.45, 7) is 3.06. The molecule has 0 saturated carbocycles. The average molecular weight is 369 g/mol. The van der Waals surface area contributed by atoms with E-state index in [1.54, 1.807) is 23.1 Å². The fraction of sp³-hybridized carbons (Fsp3) is 0.263. The summed E-state index contributed by atoms with van der Waals surface area (Å²) in [5.41, 5.74) is 3.37. The Balaban J connectivity index is 1.32. The minimum absolute atomic E-state index is 0.511. The molecule has 0 amide bonds. The van der Waals surface area contributed by atoms with Gasteiger partial charge >= 0.3 is 0 Å². The van der Waals surface area contributed by atoms with Gasteiger partial charge in [-0.15, -0.1) is 0 Å². The molecule has 0 radical (unpaired) electrons. The van der Waals surface area contributed by atoms with Gasteiger partial charge in [0, 0.05) is 18.3 Å². The molecule has 4 nitrogen and oxygen atoms in total. The number of rotatable bonds is 5. The number of thiazole rings is 1. The summed E-state index contributed by atoms with van der Waals surface area (Å²) in [7, 11) is 0. The molecule has 3 aromatic rings. The molecule has 6 heteroatoms. The van der Waals surface area contributed by atoms with Crippen LogP contribution in [0.15, 0.2) is 53.5 Å². The van der Waals surface area contributed by atoms with Gasteiger partial charge in [-0.05, 0) is 43.2 Å². The summed E-state index contributed by atoms with van der Waals surface area (Å²) in [6.07, 6.45) is 0.969. The Hall–Kier alpha value is -2.05. The van der Waals surface area contributed by atoms with E-state index in [2.05, 4.69) is 70.0 Å². The second-order valence-corrected chi connectivity index (χ2v) is 8.14. The van der Waals surface area contributed by atoms with Crippen LogP contribution < -0.4 is 10.6 Å². The van der Waals surface area contributed by atoms with Crippen LogP contribution in [0.4, 0.5) is 10.8 Å². The molecule has 1 saturated heterocycles. The van der Waals surface area contributed by atoms with Gasteiger partial charge in [-0.3, -0.25) is 0 Å². The first kappa shape index (κ1) is 16.4. The van der Waals surface area contributed by atoms with E-state index in [0.717, 1.165) is 40.2 Å². The van der Waals surface area contributed by atoms with Gasteiger partial charge in [0.25, 0.3) is 0 Å².